The molecular formula is C24H30N4O. The van der Waals surface area contributed by atoms with Gasteiger partial charge in [0.05, 0.1) is 18.3 Å². The fourth-order valence-electron chi connectivity index (χ4n) is 3.98. The van der Waals surface area contributed by atoms with E-state index in [1.165, 1.54) is 11.1 Å². The second kappa shape index (κ2) is 8.78. The Hall–Kier alpha value is -2.66. The Morgan fingerprint density at radius 3 is 2.52 bits per heavy atom. The average Bonchev–Trinajstić information content (AvgIpc) is 2.75. The van der Waals surface area contributed by atoms with Gasteiger partial charge in [-0.15, -0.1) is 0 Å². The van der Waals surface area contributed by atoms with Crippen molar-refractivity contribution in [3.63, 3.8) is 0 Å². The third kappa shape index (κ3) is 4.67. The smallest absolute Gasteiger partial charge is 0.226 e. The normalized spacial score (nSPS) is 15.1. The Kier molecular flexibility index (Phi) is 5.95. The number of nitrogens with zero attached hydrogens (tertiary/aromatic N) is 3. The Morgan fingerprint density at radius 2 is 1.79 bits per heavy atom. The highest BCUT2D eigenvalue weighted by atomic mass is 16.5. The van der Waals surface area contributed by atoms with Gasteiger partial charge < -0.3 is 15.0 Å². The highest BCUT2D eigenvalue weighted by molar-refractivity contribution is 5.83. The first kappa shape index (κ1) is 19.6. The van der Waals surface area contributed by atoms with Gasteiger partial charge in [0.15, 0.2) is 0 Å². The summed E-state index contributed by atoms with van der Waals surface area (Å²) in [4.78, 5) is 11.9. The molecule has 2 heterocycles. The molecule has 4 rings (SSSR count). The summed E-state index contributed by atoms with van der Waals surface area (Å²) in [5, 5.41) is 4.81. The van der Waals surface area contributed by atoms with Crippen LogP contribution in [0.4, 0.5) is 5.95 Å². The number of fused-ring (bicyclic) bond motifs is 1. The Labute approximate surface area is 173 Å². The molecule has 1 N–H and O–H groups in total. The zero-order chi connectivity index (χ0) is 20.2. The van der Waals surface area contributed by atoms with Crippen LogP contribution in [0.1, 0.15) is 29.7 Å². The van der Waals surface area contributed by atoms with Gasteiger partial charge in [0.2, 0.25) is 5.95 Å². The molecule has 0 atom stereocenters. The fraction of sp³-hybridized carbons (Fsp3) is 0.417. The lowest BCUT2D eigenvalue weighted by Gasteiger charge is -2.32. The molecule has 1 aliphatic heterocycles. The third-order valence-corrected chi connectivity index (χ3v) is 5.83. The van der Waals surface area contributed by atoms with Gasteiger partial charge in [-0.3, -0.25) is 0 Å². The van der Waals surface area contributed by atoms with Crippen LogP contribution in [-0.4, -0.2) is 42.8 Å². The Balaban J connectivity index is 1.33. The number of anilines is 1. The van der Waals surface area contributed by atoms with Crippen molar-refractivity contribution in [3.05, 3.63) is 59.3 Å². The number of hydrogen-bond acceptors (Lipinski definition) is 5. The van der Waals surface area contributed by atoms with Crippen molar-refractivity contribution in [2.24, 2.45) is 0 Å². The van der Waals surface area contributed by atoms with Gasteiger partial charge in [0.1, 0.15) is 5.75 Å². The molecule has 5 nitrogen and oxygen atoms in total. The SMILES string of the molecule is COc1ccc2c(C)nc(N3CCC(NCCc4ccc(C)cc4)CC3)nc2c1. The van der Waals surface area contributed by atoms with Gasteiger partial charge in [-0.05, 0) is 57.4 Å². The van der Waals surface area contributed by atoms with E-state index in [-0.39, 0.29) is 0 Å². The van der Waals surface area contributed by atoms with E-state index >= 15 is 0 Å². The molecule has 3 aromatic rings. The van der Waals surface area contributed by atoms with Crippen LogP contribution in [0.3, 0.4) is 0 Å². The number of benzene rings is 2. The van der Waals surface area contributed by atoms with Gasteiger partial charge in [0, 0.05) is 30.6 Å². The standard InChI is InChI=1S/C24H30N4O/c1-17-4-6-19(7-5-17)10-13-25-20-11-14-28(15-12-20)24-26-18(2)22-9-8-21(29-3)16-23(22)27-24/h4-9,16,20,25H,10-15H2,1-3H3. The van der Waals surface area contributed by atoms with E-state index in [0.29, 0.717) is 6.04 Å². The van der Waals surface area contributed by atoms with Crippen molar-refractivity contribution in [3.8, 4) is 5.75 Å². The summed E-state index contributed by atoms with van der Waals surface area (Å²) in [7, 11) is 1.69. The maximum absolute atomic E-state index is 5.35. The quantitative estimate of drug-likeness (QED) is 0.688. The molecule has 0 spiro atoms. The van der Waals surface area contributed by atoms with Gasteiger partial charge >= 0.3 is 0 Å². The number of nitrogens with one attached hydrogen (secondary N) is 1. The summed E-state index contributed by atoms with van der Waals surface area (Å²) < 4.78 is 5.35. The zero-order valence-electron chi connectivity index (χ0n) is 17.6. The van der Waals surface area contributed by atoms with Gasteiger partial charge in [0.25, 0.3) is 0 Å². The Morgan fingerprint density at radius 1 is 1.03 bits per heavy atom. The minimum atomic E-state index is 0.568. The minimum Gasteiger partial charge on any atom is -0.497 e. The number of methoxy groups -OCH3 is 1. The van der Waals surface area contributed by atoms with E-state index < -0.39 is 0 Å². The van der Waals surface area contributed by atoms with E-state index in [1.807, 2.05) is 18.2 Å². The average molecular weight is 391 g/mol. The van der Waals surface area contributed by atoms with E-state index in [4.69, 9.17) is 14.7 Å². The summed E-state index contributed by atoms with van der Waals surface area (Å²) >= 11 is 0. The molecule has 0 bridgehead atoms. The van der Waals surface area contributed by atoms with Crippen molar-refractivity contribution in [2.75, 3.05) is 31.6 Å². The summed E-state index contributed by atoms with van der Waals surface area (Å²) in [6.45, 7) is 7.18. The van der Waals surface area contributed by atoms with Gasteiger partial charge in [-0.1, -0.05) is 29.8 Å². The molecule has 1 fully saturated rings. The number of piperidine rings is 1. The summed E-state index contributed by atoms with van der Waals surface area (Å²) in [6, 6.07) is 15.4. The molecule has 0 saturated carbocycles. The summed E-state index contributed by atoms with van der Waals surface area (Å²) in [6.07, 6.45) is 3.31. The molecule has 152 valence electrons. The van der Waals surface area contributed by atoms with Gasteiger partial charge in [-0.25, -0.2) is 9.97 Å². The predicted octanol–water partition coefficient (Wildman–Crippen LogP) is 4.06. The van der Waals surface area contributed by atoms with Crippen LogP contribution in [-0.2, 0) is 6.42 Å². The van der Waals surface area contributed by atoms with Crippen molar-refractivity contribution >= 4 is 16.9 Å². The van der Waals surface area contributed by atoms with E-state index in [9.17, 15) is 0 Å². The third-order valence-electron chi connectivity index (χ3n) is 5.83. The largest absolute Gasteiger partial charge is 0.497 e. The Bertz CT molecular complexity index is 963. The monoisotopic (exact) mass is 390 g/mol. The minimum absolute atomic E-state index is 0.568. The van der Waals surface area contributed by atoms with Crippen molar-refractivity contribution in [1.29, 1.82) is 0 Å². The van der Waals surface area contributed by atoms with Crippen molar-refractivity contribution in [1.82, 2.24) is 15.3 Å². The molecule has 29 heavy (non-hydrogen) atoms. The molecule has 5 heteroatoms. The second-order valence-corrected chi connectivity index (χ2v) is 7.94. The highest BCUT2D eigenvalue weighted by Gasteiger charge is 2.21. The topological polar surface area (TPSA) is 50.3 Å². The van der Waals surface area contributed by atoms with Crippen LogP contribution >= 0.6 is 0 Å². The van der Waals surface area contributed by atoms with E-state index in [0.717, 1.165) is 67.2 Å². The van der Waals surface area contributed by atoms with Crippen molar-refractivity contribution < 1.29 is 4.74 Å². The number of aryl methyl sites for hydroxylation is 2. The van der Waals surface area contributed by atoms with Crippen LogP contribution in [0.15, 0.2) is 42.5 Å². The number of aromatic nitrogens is 2. The summed E-state index contributed by atoms with van der Waals surface area (Å²) in [5.74, 6) is 1.67. The lowest BCUT2D eigenvalue weighted by Crippen LogP contribution is -2.43. The molecule has 1 aromatic heterocycles. The highest BCUT2D eigenvalue weighted by Crippen LogP contribution is 2.25. The fourth-order valence-corrected chi connectivity index (χ4v) is 3.98. The summed E-state index contributed by atoms with van der Waals surface area (Å²) in [5.41, 5.74) is 4.69. The van der Waals surface area contributed by atoms with Crippen LogP contribution in [0, 0.1) is 13.8 Å². The molecule has 2 aromatic carbocycles. The molecule has 0 aliphatic carbocycles. The molecule has 0 amide bonds. The lowest BCUT2D eigenvalue weighted by molar-refractivity contribution is 0.414. The predicted molar refractivity (Wildman–Crippen MR) is 119 cm³/mol. The lowest BCUT2D eigenvalue weighted by atomic mass is 10.0. The maximum Gasteiger partial charge on any atom is 0.226 e. The maximum atomic E-state index is 5.35. The molecule has 0 radical (unpaired) electrons. The van der Waals surface area contributed by atoms with Crippen LogP contribution in [0.2, 0.25) is 0 Å². The van der Waals surface area contributed by atoms with E-state index in [1.54, 1.807) is 7.11 Å². The second-order valence-electron chi connectivity index (χ2n) is 7.94. The molecule has 1 saturated heterocycles. The molecular weight excluding hydrogens is 360 g/mol. The van der Waals surface area contributed by atoms with Crippen LogP contribution < -0.4 is 15.0 Å². The molecule has 1 aliphatic rings. The van der Waals surface area contributed by atoms with E-state index in [2.05, 4.69) is 48.3 Å². The van der Waals surface area contributed by atoms with Crippen molar-refractivity contribution in [2.45, 2.75) is 39.2 Å². The first-order valence-corrected chi connectivity index (χ1v) is 10.5. The first-order chi connectivity index (χ1) is 14.1. The number of rotatable bonds is 6. The zero-order valence-corrected chi connectivity index (χ0v) is 17.6. The number of hydrogen-bond donors (Lipinski definition) is 1. The molecule has 0 unspecified atom stereocenters. The van der Waals surface area contributed by atoms with Crippen LogP contribution in [0.5, 0.6) is 5.75 Å². The first-order valence-electron chi connectivity index (χ1n) is 10.5. The number of ether oxygens (including phenoxy) is 1. The van der Waals surface area contributed by atoms with Crippen LogP contribution in [0.25, 0.3) is 10.9 Å². The van der Waals surface area contributed by atoms with Gasteiger partial charge in [-0.2, -0.15) is 0 Å².